The van der Waals surface area contributed by atoms with E-state index in [4.69, 9.17) is 9.47 Å². The average molecular weight is 473 g/mol. The van der Waals surface area contributed by atoms with E-state index < -0.39 is 39.1 Å². The third kappa shape index (κ3) is 5.10. The second-order valence-corrected chi connectivity index (χ2v) is 8.34. The monoisotopic (exact) mass is 473 g/mol. The normalized spacial score (nSPS) is 11.8. The number of rotatable bonds is 6. The maximum absolute atomic E-state index is 14.2. The number of benzene rings is 3. The number of halogens is 5. The van der Waals surface area contributed by atoms with E-state index in [0.29, 0.717) is 0 Å². The zero-order valence-electron chi connectivity index (χ0n) is 16.6. The fourth-order valence-electron chi connectivity index (χ4n) is 2.68. The van der Waals surface area contributed by atoms with Crippen LogP contribution in [-0.2, 0) is 16.2 Å². The number of anilines is 1. The zero-order chi connectivity index (χ0) is 23.7. The highest BCUT2D eigenvalue weighted by atomic mass is 32.2. The van der Waals surface area contributed by atoms with Gasteiger partial charge in [-0.05, 0) is 43.3 Å². The fourth-order valence-corrected chi connectivity index (χ4v) is 3.73. The summed E-state index contributed by atoms with van der Waals surface area (Å²) in [6, 6.07) is 9.85. The molecule has 0 radical (unpaired) electrons. The van der Waals surface area contributed by atoms with Gasteiger partial charge in [0.15, 0.2) is 28.9 Å². The summed E-state index contributed by atoms with van der Waals surface area (Å²) in [5.41, 5.74) is -0.704. The van der Waals surface area contributed by atoms with Crippen molar-refractivity contribution in [3.8, 4) is 17.2 Å². The van der Waals surface area contributed by atoms with Crippen LogP contribution in [0.25, 0.3) is 0 Å². The predicted molar refractivity (Wildman–Crippen MR) is 106 cm³/mol. The minimum atomic E-state index is -4.95. The van der Waals surface area contributed by atoms with Crippen LogP contribution >= 0.6 is 0 Å². The van der Waals surface area contributed by atoms with Crippen LogP contribution in [0.5, 0.6) is 17.2 Å². The molecule has 11 heteroatoms. The van der Waals surface area contributed by atoms with Crippen molar-refractivity contribution in [2.45, 2.75) is 18.0 Å². The van der Waals surface area contributed by atoms with E-state index in [9.17, 15) is 30.4 Å². The van der Waals surface area contributed by atoms with E-state index in [1.165, 1.54) is 31.4 Å². The summed E-state index contributed by atoms with van der Waals surface area (Å²) in [5, 5.41) is 0. The first-order valence-corrected chi connectivity index (χ1v) is 10.4. The van der Waals surface area contributed by atoms with E-state index in [1.807, 2.05) is 0 Å². The largest absolute Gasteiger partial charge is 0.493 e. The maximum Gasteiger partial charge on any atom is 0.416 e. The lowest BCUT2D eigenvalue weighted by atomic mass is 10.2. The molecule has 3 aromatic carbocycles. The molecule has 0 aliphatic carbocycles. The van der Waals surface area contributed by atoms with E-state index in [0.717, 1.165) is 11.6 Å². The Hall–Kier alpha value is -3.34. The Bertz CT molecular complexity index is 1220. The van der Waals surface area contributed by atoms with E-state index >= 15 is 0 Å². The molecule has 0 atom stereocenters. The van der Waals surface area contributed by atoms with Crippen molar-refractivity contribution in [3.63, 3.8) is 0 Å². The number of sulfonamides is 1. The fraction of sp³-hybridized carbons (Fsp3) is 0.143. The molecule has 0 saturated heterocycles. The van der Waals surface area contributed by atoms with Crippen LogP contribution in [0.4, 0.5) is 27.6 Å². The highest BCUT2D eigenvalue weighted by molar-refractivity contribution is 7.92. The molecule has 0 unspecified atom stereocenters. The summed E-state index contributed by atoms with van der Waals surface area (Å²) in [7, 11) is -2.78. The molecule has 0 saturated carbocycles. The van der Waals surface area contributed by atoms with Crippen LogP contribution in [0, 0.1) is 18.6 Å². The van der Waals surface area contributed by atoms with Gasteiger partial charge in [0.2, 0.25) is 0 Å². The van der Waals surface area contributed by atoms with Crippen LogP contribution < -0.4 is 14.2 Å². The summed E-state index contributed by atoms with van der Waals surface area (Å²) >= 11 is 0. The van der Waals surface area contributed by atoms with Crippen LogP contribution in [-0.4, -0.2) is 15.5 Å². The second kappa shape index (κ2) is 8.65. The molecule has 3 aromatic rings. The van der Waals surface area contributed by atoms with Gasteiger partial charge in [-0.3, -0.25) is 4.72 Å². The van der Waals surface area contributed by atoms with Gasteiger partial charge in [-0.2, -0.15) is 13.2 Å². The molecular weight excluding hydrogens is 457 g/mol. The Morgan fingerprint density at radius 3 is 2.00 bits per heavy atom. The maximum atomic E-state index is 14.2. The molecule has 0 amide bonds. The molecule has 5 nitrogen and oxygen atoms in total. The Labute approximate surface area is 180 Å². The Balaban J connectivity index is 1.95. The highest BCUT2D eigenvalue weighted by Gasteiger charge is 2.33. The number of aryl methyl sites for hydroxylation is 1. The topological polar surface area (TPSA) is 64.6 Å². The van der Waals surface area contributed by atoms with Gasteiger partial charge in [0.25, 0.3) is 10.0 Å². The Kier molecular flexibility index (Phi) is 6.31. The Morgan fingerprint density at radius 1 is 0.875 bits per heavy atom. The first-order valence-electron chi connectivity index (χ1n) is 8.92. The van der Waals surface area contributed by atoms with Gasteiger partial charge in [0.05, 0.1) is 23.3 Å². The average Bonchev–Trinajstić information content (AvgIpc) is 2.70. The van der Waals surface area contributed by atoms with Gasteiger partial charge >= 0.3 is 6.18 Å². The second-order valence-electron chi connectivity index (χ2n) is 6.65. The van der Waals surface area contributed by atoms with E-state index in [1.54, 1.807) is 19.1 Å². The molecule has 0 aliphatic rings. The predicted octanol–water partition coefficient (Wildman–Crippen LogP) is 5.89. The van der Waals surface area contributed by atoms with Crippen molar-refractivity contribution >= 4 is 15.7 Å². The molecule has 32 heavy (non-hydrogen) atoms. The van der Waals surface area contributed by atoms with Gasteiger partial charge in [0, 0.05) is 6.07 Å². The highest BCUT2D eigenvalue weighted by Crippen LogP contribution is 2.39. The van der Waals surface area contributed by atoms with Crippen LogP contribution in [0.15, 0.2) is 59.5 Å². The summed E-state index contributed by atoms with van der Waals surface area (Å²) in [4.78, 5) is -0.0267. The molecule has 1 N–H and O–H groups in total. The minimum Gasteiger partial charge on any atom is -0.493 e. The summed E-state index contributed by atoms with van der Waals surface area (Å²) in [6.45, 7) is 1.79. The minimum absolute atomic E-state index is 0.0267. The van der Waals surface area contributed by atoms with Crippen LogP contribution in [0.2, 0.25) is 0 Å². The first kappa shape index (κ1) is 23.3. The number of hydrogen-bond acceptors (Lipinski definition) is 4. The van der Waals surface area contributed by atoms with E-state index in [2.05, 4.69) is 4.72 Å². The molecule has 170 valence electrons. The van der Waals surface area contributed by atoms with E-state index in [-0.39, 0.29) is 34.2 Å². The van der Waals surface area contributed by atoms with Crippen molar-refractivity contribution in [3.05, 3.63) is 77.4 Å². The van der Waals surface area contributed by atoms with Crippen LogP contribution in [0.3, 0.4) is 0 Å². The SMILES string of the molecule is COc1ccc(NS(=O)(=O)c2ccc(C)cc2)cc1Oc1c(F)cc(C(F)(F)F)cc1F. The number of ether oxygens (including phenoxy) is 2. The van der Waals surface area contributed by atoms with Crippen molar-refractivity contribution in [1.29, 1.82) is 0 Å². The lowest BCUT2D eigenvalue weighted by molar-refractivity contribution is -0.138. The van der Waals surface area contributed by atoms with Gasteiger partial charge in [0.1, 0.15) is 0 Å². The number of hydrogen-bond donors (Lipinski definition) is 1. The lowest BCUT2D eigenvalue weighted by Crippen LogP contribution is -2.13. The van der Waals surface area contributed by atoms with Crippen LogP contribution in [0.1, 0.15) is 11.1 Å². The Morgan fingerprint density at radius 2 is 1.47 bits per heavy atom. The number of nitrogens with one attached hydrogen (secondary N) is 1. The molecule has 0 heterocycles. The summed E-state index contributed by atoms with van der Waals surface area (Å²) in [6.07, 6.45) is -4.95. The standard InChI is InChI=1S/C21H16F5NO4S/c1-12-3-6-15(7-4-12)32(28,29)27-14-5-8-18(30-2)19(11-14)31-20-16(22)9-13(10-17(20)23)21(24,25)26/h3-11,27H,1-2H3. The lowest BCUT2D eigenvalue weighted by Gasteiger charge is -2.15. The number of methoxy groups -OCH3 is 1. The smallest absolute Gasteiger partial charge is 0.416 e. The molecule has 0 bridgehead atoms. The first-order chi connectivity index (χ1) is 14.9. The summed E-state index contributed by atoms with van der Waals surface area (Å²) < 4.78 is 104. The summed E-state index contributed by atoms with van der Waals surface area (Å²) in [5.74, 6) is -4.65. The third-order valence-electron chi connectivity index (χ3n) is 4.28. The van der Waals surface area contributed by atoms with Crippen molar-refractivity contribution in [2.75, 3.05) is 11.8 Å². The third-order valence-corrected chi connectivity index (χ3v) is 5.68. The van der Waals surface area contributed by atoms with Crippen molar-refractivity contribution in [1.82, 2.24) is 0 Å². The molecule has 3 rings (SSSR count). The molecule has 0 aromatic heterocycles. The van der Waals surface area contributed by atoms with Gasteiger partial charge in [-0.25, -0.2) is 17.2 Å². The van der Waals surface area contributed by atoms with Gasteiger partial charge < -0.3 is 9.47 Å². The molecular formula is C21H16F5NO4S. The molecule has 0 fully saturated rings. The van der Waals surface area contributed by atoms with Crippen molar-refractivity contribution in [2.24, 2.45) is 0 Å². The van der Waals surface area contributed by atoms with Crippen molar-refractivity contribution < 1.29 is 39.8 Å². The number of alkyl halides is 3. The zero-order valence-corrected chi connectivity index (χ0v) is 17.4. The quantitative estimate of drug-likeness (QED) is 0.453. The van der Waals surface area contributed by atoms with Gasteiger partial charge in [-0.15, -0.1) is 0 Å². The van der Waals surface area contributed by atoms with Gasteiger partial charge in [-0.1, -0.05) is 17.7 Å². The molecule has 0 aliphatic heterocycles. The molecule has 0 spiro atoms.